The monoisotopic (exact) mass is 229 g/mol. The molecule has 1 N–H and O–H groups in total. The lowest BCUT2D eigenvalue weighted by Gasteiger charge is -2.27. The van der Waals surface area contributed by atoms with Gasteiger partial charge in [0.25, 0.3) is 0 Å². The molecule has 0 amide bonds. The summed E-state index contributed by atoms with van der Waals surface area (Å²) >= 11 is 1.96. The van der Waals surface area contributed by atoms with E-state index < -0.39 is 0 Å². The molecule has 0 aromatic rings. The largest absolute Gasteiger partial charge is 0.313 e. The Labute approximate surface area is 99.8 Å². The van der Waals surface area contributed by atoms with Crippen molar-refractivity contribution in [2.24, 2.45) is 0 Å². The fraction of sp³-hybridized carbons (Fsp3) is 1.00. The molecule has 1 saturated carbocycles. The fourth-order valence-electron chi connectivity index (χ4n) is 2.12. The van der Waals surface area contributed by atoms with Crippen LogP contribution in [0.15, 0.2) is 0 Å². The van der Waals surface area contributed by atoms with Gasteiger partial charge in [-0.25, -0.2) is 0 Å². The summed E-state index contributed by atoms with van der Waals surface area (Å²) in [6.45, 7) is 5.81. The van der Waals surface area contributed by atoms with Gasteiger partial charge in [0.15, 0.2) is 0 Å². The maximum absolute atomic E-state index is 3.76. The van der Waals surface area contributed by atoms with Crippen LogP contribution in [0.3, 0.4) is 0 Å². The minimum atomic E-state index is 0.391. The zero-order valence-corrected chi connectivity index (χ0v) is 11.5. The molecule has 0 bridgehead atoms. The van der Waals surface area contributed by atoms with E-state index >= 15 is 0 Å². The second-order valence-electron chi connectivity index (χ2n) is 5.39. The Morgan fingerprint density at radius 3 is 2.13 bits per heavy atom. The van der Waals surface area contributed by atoms with E-state index in [1.54, 1.807) is 0 Å². The van der Waals surface area contributed by atoms with Gasteiger partial charge in [0, 0.05) is 17.3 Å². The molecule has 0 atom stereocenters. The van der Waals surface area contributed by atoms with E-state index in [9.17, 15) is 0 Å². The molecule has 0 saturated heterocycles. The molecule has 0 aliphatic heterocycles. The second kappa shape index (κ2) is 6.80. The molecule has 0 heterocycles. The highest BCUT2D eigenvalue weighted by molar-refractivity contribution is 7.99. The third kappa shape index (κ3) is 5.82. The summed E-state index contributed by atoms with van der Waals surface area (Å²) in [5, 5.41) is 3.76. The van der Waals surface area contributed by atoms with Crippen LogP contribution in [0.2, 0.25) is 0 Å². The van der Waals surface area contributed by atoms with Gasteiger partial charge in [0.05, 0.1) is 0 Å². The van der Waals surface area contributed by atoms with E-state index in [1.165, 1.54) is 44.9 Å². The van der Waals surface area contributed by atoms with Gasteiger partial charge in [-0.2, -0.15) is 11.8 Å². The van der Waals surface area contributed by atoms with E-state index in [-0.39, 0.29) is 0 Å². The van der Waals surface area contributed by atoms with Crippen LogP contribution in [0.1, 0.15) is 58.8 Å². The first kappa shape index (κ1) is 13.4. The molecule has 1 fully saturated rings. The third-order valence-electron chi connectivity index (χ3n) is 3.47. The lowest BCUT2D eigenvalue weighted by atomic mass is 9.96. The lowest BCUT2D eigenvalue weighted by molar-refractivity contribution is 0.380. The summed E-state index contributed by atoms with van der Waals surface area (Å²) in [6.07, 6.45) is 12.2. The molecule has 0 aromatic carbocycles. The topological polar surface area (TPSA) is 12.0 Å². The molecule has 15 heavy (non-hydrogen) atoms. The van der Waals surface area contributed by atoms with Crippen LogP contribution in [-0.2, 0) is 0 Å². The van der Waals surface area contributed by atoms with E-state index in [1.807, 2.05) is 11.8 Å². The van der Waals surface area contributed by atoms with Gasteiger partial charge >= 0.3 is 0 Å². The summed E-state index contributed by atoms with van der Waals surface area (Å²) in [5.74, 6) is 0. The van der Waals surface area contributed by atoms with Gasteiger partial charge in [0.2, 0.25) is 0 Å². The van der Waals surface area contributed by atoms with Crippen molar-refractivity contribution in [1.29, 1.82) is 0 Å². The Hall–Kier alpha value is 0.310. The Bertz CT molecular complexity index is 160. The predicted octanol–water partition coefficient (Wildman–Crippen LogP) is 3.83. The molecular formula is C13H27NS. The van der Waals surface area contributed by atoms with Crippen LogP contribution in [0.5, 0.6) is 0 Å². The Morgan fingerprint density at radius 1 is 1.07 bits per heavy atom. The van der Waals surface area contributed by atoms with Gasteiger partial charge in [0.1, 0.15) is 0 Å². The first-order valence-electron chi connectivity index (χ1n) is 6.42. The maximum atomic E-state index is 3.76. The van der Waals surface area contributed by atoms with E-state index in [4.69, 9.17) is 0 Å². The zero-order valence-electron chi connectivity index (χ0n) is 10.6. The molecule has 2 heteroatoms. The molecule has 0 aromatic heterocycles. The number of rotatable bonds is 4. The lowest BCUT2D eigenvalue weighted by Crippen LogP contribution is -2.39. The average Bonchev–Trinajstić information content (AvgIpc) is 2.16. The van der Waals surface area contributed by atoms with Gasteiger partial charge in [-0.3, -0.25) is 0 Å². The minimum absolute atomic E-state index is 0.391. The first-order valence-corrected chi connectivity index (χ1v) is 7.65. The van der Waals surface area contributed by atoms with Crippen molar-refractivity contribution in [2.45, 2.75) is 69.6 Å². The molecule has 1 nitrogen and oxygen atoms in total. The normalized spacial score (nSPS) is 21.0. The molecule has 0 radical (unpaired) electrons. The standard InChI is InChI=1S/C13H27NS/c1-13(2,15-3)11-14-12-9-7-5-4-6-8-10-12/h12,14H,4-11H2,1-3H3. The minimum Gasteiger partial charge on any atom is -0.313 e. The molecule has 1 rings (SSSR count). The van der Waals surface area contributed by atoms with Crippen molar-refractivity contribution >= 4 is 11.8 Å². The summed E-state index contributed by atoms with van der Waals surface area (Å²) in [4.78, 5) is 0. The summed E-state index contributed by atoms with van der Waals surface area (Å²) < 4.78 is 0.391. The quantitative estimate of drug-likeness (QED) is 0.786. The molecule has 90 valence electrons. The molecule has 1 aliphatic rings. The summed E-state index contributed by atoms with van der Waals surface area (Å²) in [7, 11) is 0. The number of hydrogen-bond donors (Lipinski definition) is 1. The Kier molecular flexibility index (Phi) is 6.06. The van der Waals surface area contributed by atoms with E-state index in [0.717, 1.165) is 12.6 Å². The van der Waals surface area contributed by atoms with Crippen molar-refractivity contribution in [3.8, 4) is 0 Å². The van der Waals surface area contributed by atoms with Gasteiger partial charge < -0.3 is 5.32 Å². The highest BCUT2D eigenvalue weighted by Gasteiger charge is 2.18. The van der Waals surface area contributed by atoms with Crippen LogP contribution in [0, 0.1) is 0 Å². The number of thioether (sulfide) groups is 1. The van der Waals surface area contributed by atoms with Crippen molar-refractivity contribution in [1.82, 2.24) is 5.32 Å². The Morgan fingerprint density at radius 2 is 1.60 bits per heavy atom. The van der Waals surface area contributed by atoms with Crippen molar-refractivity contribution in [3.63, 3.8) is 0 Å². The van der Waals surface area contributed by atoms with Crippen molar-refractivity contribution < 1.29 is 0 Å². The van der Waals surface area contributed by atoms with Crippen LogP contribution in [0.25, 0.3) is 0 Å². The average molecular weight is 229 g/mol. The second-order valence-corrected chi connectivity index (χ2v) is 6.90. The smallest absolute Gasteiger partial charge is 0.0225 e. The van der Waals surface area contributed by atoms with Crippen LogP contribution in [-0.4, -0.2) is 23.6 Å². The number of nitrogens with one attached hydrogen (secondary N) is 1. The predicted molar refractivity (Wildman–Crippen MR) is 71.7 cm³/mol. The van der Waals surface area contributed by atoms with Crippen LogP contribution >= 0.6 is 11.8 Å². The van der Waals surface area contributed by atoms with E-state index in [0.29, 0.717) is 4.75 Å². The SMILES string of the molecule is CSC(C)(C)CNC1CCCCCCC1. The van der Waals surface area contributed by atoms with Crippen molar-refractivity contribution in [2.75, 3.05) is 12.8 Å². The van der Waals surface area contributed by atoms with Crippen LogP contribution < -0.4 is 5.32 Å². The first-order chi connectivity index (χ1) is 7.14. The van der Waals surface area contributed by atoms with Crippen LogP contribution in [0.4, 0.5) is 0 Å². The number of hydrogen-bond acceptors (Lipinski definition) is 2. The summed E-state index contributed by atoms with van der Waals surface area (Å²) in [5.41, 5.74) is 0. The molecular weight excluding hydrogens is 202 g/mol. The van der Waals surface area contributed by atoms with Gasteiger partial charge in [-0.15, -0.1) is 0 Å². The highest BCUT2D eigenvalue weighted by Crippen LogP contribution is 2.22. The molecule has 1 aliphatic carbocycles. The van der Waals surface area contributed by atoms with Crippen molar-refractivity contribution in [3.05, 3.63) is 0 Å². The van der Waals surface area contributed by atoms with E-state index in [2.05, 4.69) is 25.4 Å². The maximum Gasteiger partial charge on any atom is 0.0225 e. The third-order valence-corrected chi connectivity index (χ3v) is 4.72. The highest BCUT2D eigenvalue weighted by atomic mass is 32.2. The molecule has 0 unspecified atom stereocenters. The summed E-state index contributed by atoms with van der Waals surface area (Å²) in [6, 6.07) is 0.789. The fourth-order valence-corrected chi connectivity index (χ4v) is 2.35. The van der Waals surface area contributed by atoms with Gasteiger partial charge in [-0.05, 0) is 32.9 Å². The zero-order chi connectivity index (χ0) is 11.1. The Balaban J connectivity index is 2.23. The van der Waals surface area contributed by atoms with Gasteiger partial charge in [-0.1, -0.05) is 32.1 Å². The molecule has 0 spiro atoms.